The number of benzene rings is 1. The van der Waals surface area contributed by atoms with Gasteiger partial charge in [-0.25, -0.2) is 0 Å². The van der Waals surface area contributed by atoms with Crippen molar-refractivity contribution in [2.24, 2.45) is 5.92 Å². The van der Waals surface area contributed by atoms with Gasteiger partial charge in [-0.2, -0.15) is 0 Å². The third kappa shape index (κ3) is 3.71. The van der Waals surface area contributed by atoms with E-state index < -0.39 is 0 Å². The Morgan fingerprint density at radius 3 is 2.63 bits per heavy atom. The first kappa shape index (κ1) is 20.9. The lowest BCUT2D eigenvalue weighted by atomic mass is 9.77. The maximum absolute atomic E-state index is 10.4. The zero-order valence-electron chi connectivity index (χ0n) is 18.9. The molecule has 1 aliphatic heterocycles. The number of piperidine rings is 1. The van der Waals surface area contributed by atoms with Crippen LogP contribution in [0.25, 0.3) is 16.8 Å². The van der Waals surface area contributed by atoms with Crippen molar-refractivity contribution in [2.75, 3.05) is 25.5 Å². The molecule has 2 heterocycles. The second kappa shape index (κ2) is 8.03. The number of anilines is 1. The van der Waals surface area contributed by atoms with Gasteiger partial charge >= 0.3 is 0 Å². The van der Waals surface area contributed by atoms with E-state index in [0.29, 0.717) is 17.7 Å². The molecule has 160 valence electrons. The fourth-order valence-electron chi connectivity index (χ4n) is 4.91. The number of hydrogen-bond donors (Lipinski definition) is 1. The minimum Gasteiger partial charge on any atom is -0.507 e. The van der Waals surface area contributed by atoms with Gasteiger partial charge in [0.1, 0.15) is 5.75 Å². The Hall–Kier alpha value is -2.40. The van der Waals surface area contributed by atoms with Gasteiger partial charge in [0.2, 0.25) is 0 Å². The van der Waals surface area contributed by atoms with Crippen LogP contribution >= 0.6 is 0 Å². The first-order chi connectivity index (χ1) is 14.3. The molecule has 30 heavy (non-hydrogen) atoms. The number of nitrogens with zero attached hydrogens (tertiary/aromatic N) is 4. The molecule has 5 heteroatoms. The van der Waals surface area contributed by atoms with Gasteiger partial charge in [-0.1, -0.05) is 19.1 Å². The summed E-state index contributed by atoms with van der Waals surface area (Å²) in [6, 6.07) is 10.2. The van der Waals surface area contributed by atoms with Crippen LogP contribution in [0.4, 0.5) is 5.82 Å². The van der Waals surface area contributed by atoms with Crippen LogP contribution in [0.1, 0.15) is 52.0 Å². The summed E-state index contributed by atoms with van der Waals surface area (Å²) in [6.45, 7) is 8.05. The van der Waals surface area contributed by atoms with Crippen LogP contribution < -0.4 is 4.90 Å². The fourth-order valence-corrected chi connectivity index (χ4v) is 4.91. The highest BCUT2D eigenvalue weighted by molar-refractivity contribution is 5.75. The van der Waals surface area contributed by atoms with Crippen LogP contribution in [0.3, 0.4) is 0 Å². The molecular weight excluding hydrogens is 372 g/mol. The summed E-state index contributed by atoms with van der Waals surface area (Å²) in [7, 11) is 4.33. The molecule has 0 spiro atoms. The topological polar surface area (TPSA) is 52.5 Å². The predicted octanol–water partition coefficient (Wildman–Crippen LogP) is 4.97. The van der Waals surface area contributed by atoms with Crippen LogP contribution in [0, 0.1) is 5.92 Å². The fraction of sp³-hybridized carbons (Fsp3) is 0.520. The second-order valence-corrected chi connectivity index (χ2v) is 9.46. The van der Waals surface area contributed by atoms with Gasteiger partial charge in [-0.05, 0) is 87.9 Å². The largest absolute Gasteiger partial charge is 0.507 e. The summed E-state index contributed by atoms with van der Waals surface area (Å²) in [5, 5.41) is 19.5. The van der Waals surface area contributed by atoms with Gasteiger partial charge < -0.3 is 14.9 Å². The average Bonchev–Trinajstić information content (AvgIpc) is 3.28. The number of allylic oxidation sites excluding steroid dienone is 2. The Balaban J connectivity index is 1.57. The number of likely N-dealkylation sites (tertiary alicyclic amines) is 1. The Kier molecular flexibility index (Phi) is 5.58. The van der Waals surface area contributed by atoms with E-state index in [0.717, 1.165) is 37.2 Å². The maximum Gasteiger partial charge on any atom is 0.151 e. The molecule has 2 aliphatic rings. The van der Waals surface area contributed by atoms with Gasteiger partial charge in [0.15, 0.2) is 5.82 Å². The highest BCUT2D eigenvalue weighted by Crippen LogP contribution is 2.37. The minimum atomic E-state index is 0.145. The zero-order valence-corrected chi connectivity index (χ0v) is 18.9. The number of aromatic nitrogens is 2. The van der Waals surface area contributed by atoms with Crippen LogP contribution in [-0.4, -0.2) is 52.4 Å². The molecule has 0 radical (unpaired) electrons. The van der Waals surface area contributed by atoms with Crippen molar-refractivity contribution in [1.82, 2.24) is 15.1 Å². The molecule has 1 N–H and O–H groups in total. The van der Waals surface area contributed by atoms with Gasteiger partial charge in [0.25, 0.3) is 0 Å². The summed E-state index contributed by atoms with van der Waals surface area (Å²) >= 11 is 0. The van der Waals surface area contributed by atoms with Crippen molar-refractivity contribution in [1.29, 1.82) is 0 Å². The van der Waals surface area contributed by atoms with E-state index in [2.05, 4.69) is 60.9 Å². The molecule has 1 saturated heterocycles. The quantitative estimate of drug-likeness (QED) is 0.777. The molecule has 2 atom stereocenters. The van der Waals surface area contributed by atoms with Crippen molar-refractivity contribution in [3.05, 3.63) is 42.0 Å². The van der Waals surface area contributed by atoms with Crippen LogP contribution in [0.15, 0.2) is 36.4 Å². The standard InChI is InChI=1S/C25H34N4O/c1-17-22(14-15-28(4)25(17,2)3)29(5)24-13-11-21(26-27-24)20-16-19(10-12-23(20)30)18-8-6-7-9-18/h8,10-13,16-17,22,30H,6-7,9,14-15H2,1-5H3. The average molecular weight is 407 g/mol. The summed E-state index contributed by atoms with van der Waals surface area (Å²) < 4.78 is 0. The third-order valence-corrected chi connectivity index (χ3v) is 7.63. The lowest BCUT2D eigenvalue weighted by Gasteiger charge is -2.51. The van der Waals surface area contributed by atoms with Crippen molar-refractivity contribution in [3.8, 4) is 17.0 Å². The predicted molar refractivity (Wildman–Crippen MR) is 124 cm³/mol. The number of phenols is 1. The molecule has 1 aromatic carbocycles. The van der Waals surface area contributed by atoms with E-state index in [1.807, 2.05) is 24.3 Å². The van der Waals surface area contributed by atoms with Gasteiger partial charge in [-0.3, -0.25) is 0 Å². The molecule has 4 rings (SSSR count). The summed E-state index contributed by atoms with van der Waals surface area (Å²) in [5.41, 5.74) is 4.13. The first-order valence-electron chi connectivity index (χ1n) is 11.1. The van der Waals surface area contributed by atoms with E-state index in [1.165, 1.54) is 17.6 Å². The van der Waals surface area contributed by atoms with E-state index in [-0.39, 0.29) is 11.3 Å². The van der Waals surface area contributed by atoms with E-state index >= 15 is 0 Å². The Bertz CT molecular complexity index is 935. The van der Waals surface area contributed by atoms with E-state index in [1.54, 1.807) is 6.07 Å². The van der Waals surface area contributed by atoms with Crippen LogP contribution in [0.5, 0.6) is 5.75 Å². The van der Waals surface area contributed by atoms with Crippen molar-refractivity contribution >= 4 is 11.4 Å². The molecule has 1 fully saturated rings. The Morgan fingerprint density at radius 2 is 1.97 bits per heavy atom. The van der Waals surface area contributed by atoms with E-state index in [9.17, 15) is 5.11 Å². The van der Waals surface area contributed by atoms with Gasteiger partial charge in [-0.15, -0.1) is 10.2 Å². The monoisotopic (exact) mass is 406 g/mol. The van der Waals surface area contributed by atoms with Crippen molar-refractivity contribution in [2.45, 2.75) is 58.0 Å². The molecule has 0 bridgehead atoms. The van der Waals surface area contributed by atoms with Crippen molar-refractivity contribution < 1.29 is 5.11 Å². The van der Waals surface area contributed by atoms with Gasteiger partial charge in [0, 0.05) is 30.7 Å². The lowest BCUT2D eigenvalue weighted by molar-refractivity contribution is 0.0391. The number of hydrogen-bond acceptors (Lipinski definition) is 5. The Labute approximate surface area is 180 Å². The molecule has 1 aliphatic carbocycles. The zero-order chi connectivity index (χ0) is 21.5. The minimum absolute atomic E-state index is 0.145. The van der Waals surface area contributed by atoms with Crippen molar-refractivity contribution in [3.63, 3.8) is 0 Å². The first-order valence-corrected chi connectivity index (χ1v) is 11.1. The molecule has 0 saturated carbocycles. The molecule has 2 aromatic rings. The molecular formula is C25H34N4O. The summed E-state index contributed by atoms with van der Waals surface area (Å²) in [6.07, 6.45) is 6.85. The van der Waals surface area contributed by atoms with E-state index in [4.69, 9.17) is 0 Å². The highest BCUT2D eigenvalue weighted by Gasteiger charge is 2.41. The molecule has 2 unspecified atom stereocenters. The normalized spacial score (nSPS) is 24.0. The van der Waals surface area contributed by atoms with Gasteiger partial charge in [0.05, 0.1) is 5.69 Å². The smallest absolute Gasteiger partial charge is 0.151 e. The number of rotatable bonds is 4. The maximum atomic E-state index is 10.4. The highest BCUT2D eigenvalue weighted by atomic mass is 16.3. The number of phenolic OH excluding ortho intramolecular Hbond substituents is 1. The lowest BCUT2D eigenvalue weighted by Crippen LogP contribution is -2.59. The van der Waals surface area contributed by atoms with Crippen LogP contribution in [-0.2, 0) is 0 Å². The second-order valence-electron chi connectivity index (χ2n) is 9.46. The molecule has 5 nitrogen and oxygen atoms in total. The Morgan fingerprint density at radius 1 is 1.17 bits per heavy atom. The SMILES string of the molecule is CC1C(N(C)c2ccc(-c3cc(C4=CCCC4)ccc3O)nn2)CCN(C)C1(C)C. The molecule has 1 aromatic heterocycles. The third-order valence-electron chi connectivity index (χ3n) is 7.63. The van der Waals surface area contributed by atoms with Crippen LogP contribution in [0.2, 0.25) is 0 Å². The molecule has 0 amide bonds. The summed E-state index contributed by atoms with van der Waals surface area (Å²) in [5.74, 6) is 1.63. The number of aromatic hydroxyl groups is 1. The summed E-state index contributed by atoms with van der Waals surface area (Å²) in [4.78, 5) is 4.72.